The average Bonchev–Trinajstić information content (AvgIpc) is 2.35. The van der Waals surface area contributed by atoms with Crippen LogP contribution in [0.4, 0.5) is 0 Å². The summed E-state index contributed by atoms with van der Waals surface area (Å²) in [4.78, 5) is 15.4. The molecule has 4 heteroatoms. The van der Waals surface area contributed by atoms with Gasteiger partial charge < -0.3 is 10.0 Å². The molecule has 0 aromatic heterocycles. The van der Waals surface area contributed by atoms with Gasteiger partial charge in [0, 0.05) is 25.0 Å². The van der Waals surface area contributed by atoms with E-state index in [0.29, 0.717) is 12.1 Å². The van der Waals surface area contributed by atoms with Crippen LogP contribution in [0, 0.1) is 0 Å². The van der Waals surface area contributed by atoms with Crippen molar-refractivity contribution in [2.75, 3.05) is 26.7 Å². The Morgan fingerprint density at radius 3 is 2.81 bits per heavy atom. The minimum atomic E-state index is -0.688. The Balaban J connectivity index is 2.46. The summed E-state index contributed by atoms with van der Waals surface area (Å²) in [5.41, 5.74) is 0. The van der Waals surface area contributed by atoms with E-state index in [2.05, 4.69) is 30.7 Å². The molecule has 0 aliphatic carbocycles. The largest absolute Gasteiger partial charge is 0.481 e. The normalized spacial score (nSPS) is 26.3. The molecule has 0 aromatic carbocycles. The lowest BCUT2D eigenvalue weighted by Gasteiger charge is -2.33. The lowest BCUT2D eigenvalue weighted by molar-refractivity contribution is -0.137. The summed E-state index contributed by atoms with van der Waals surface area (Å²) in [6.45, 7) is 7.69. The van der Waals surface area contributed by atoms with E-state index in [1.165, 1.54) is 6.42 Å². The average molecular weight is 228 g/mol. The Morgan fingerprint density at radius 2 is 2.19 bits per heavy atom. The predicted octanol–water partition coefficient (Wildman–Crippen LogP) is 1.27. The van der Waals surface area contributed by atoms with Crippen LogP contribution in [0.15, 0.2) is 0 Å². The molecule has 94 valence electrons. The minimum Gasteiger partial charge on any atom is -0.481 e. The highest BCUT2D eigenvalue weighted by Gasteiger charge is 2.23. The highest BCUT2D eigenvalue weighted by molar-refractivity contribution is 5.66. The van der Waals surface area contributed by atoms with E-state index in [-0.39, 0.29) is 6.42 Å². The van der Waals surface area contributed by atoms with E-state index in [0.717, 1.165) is 26.1 Å². The molecule has 1 N–H and O–H groups in total. The number of carbonyl (C=O) groups is 1. The van der Waals surface area contributed by atoms with Crippen molar-refractivity contribution in [1.29, 1.82) is 0 Å². The second-order valence-corrected chi connectivity index (χ2v) is 4.98. The fraction of sp³-hybridized carbons (Fsp3) is 0.917. The van der Waals surface area contributed by atoms with Crippen LogP contribution in [0.3, 0.4) is 0 Å². The molecule has 0 spiro atoms. The molecule has 16 heavy (non-hydrogen) atoms. The molecular formula is C12H24N2O2. The first kappa shape index (κ1) is 13.5. The fourth-order valence-electron chi connectivity index (χ4n) is 2.54. The van der Waals surface area contributed by atoms with Gasteiger partial charge in [0.2, 0.25) is 0 Å². The lowest BCUT2D eigenvalue weighted by Crippen LogP contribution is -2.43. The zero-order valence-corrected chi connectivity index (χ0v) is 10.6. The van der Waals surface area contributed by atoms with Crippen LogP contribution >= 0.6 is 0 Å². The molecule has 1 aliphatic rings. The van der Waals surface area contributed by atoms with Crippen molar-refractivity contribution in [2.24, 2.45) is 0 Å². The van der Waals surface area contributed by atoms with Gasteiger partial charge in [-0.25, -0.2) is 0 Å². The standard InChI is InChI=1S/C12H24N2O2/c1-10(5-6-12(15)16)14-8-4-7-13(3)9-11(14)2/h10-11H,4-9H2,1-3H3,(H,15,16). The Bertz CT molecular complexity index is 233. The van der Waals surface area contributed by atoms with Gasteiger partial charge in [-0.2, -0.15) is 0 Å². The second kappa shape index (κ2) is 6.21. The fourth-order valence-corrected chi connectivity index (χ4v) is 2.54. The first-order chi connectivity index (χ1) is 7.50. The van der Waals surface area contributed by atoms with E-state index in [4.69, 9.17) is 5.11 Å². The zero-order valence-electron chi connectivity index (χ0n) is 10.6. The van der Waals surface area contributed by atoms with E-state index < -0.39 is 5.97 Å². The number of aliphatic carboxylic acids is 1. The zero-order chi connectivity index (χ0) is 12.1. The van der Waals surface area contributed by atoms with Crippen LogP contribution < -0.4 is 0 Å². The van der Waals surface area contributed by atoms with Crippen LogP contribution in [0.5, 0.6) is 0 Å². The van der Waals surface area contributed by atoms with E-state index >= 15 is 0 Å². The summed E-state index contributed by atoms with van der Waals surface area (Å²) in [5.74, 6) is -0.688. The minimum absolute atomic E-state index is 0.278. The predicted molar refractivity (Wildman–Crippen MR) is 64.6 cm³/mol. The monoisotopic (exact) mass is 228 g/mol. The van der Waals surface area contributed by atoms with Crippen LogP contribution in [-0.4, -0.2) is 59.6 Å². The highest BCUT2D eigenvalue weighted by Crippen LogP contribution is 2.15. The number of carboxylic acid groups (broad SMARTS) is 1. The van der Waals surface area contributed by atoms with Crippen molar-refractivity contribution in [3.8, 4) is 0 Å². The molecule has 2 unspecified atom stereocenters. The van der Waals surface area contributed by atoms with Gasteiger partial charge in [0.25, 0.3) is 0 Å². The molecule has 1 heterocycles. The summed E-state index contributed by atoms with van der Waals surface area (Å²) in [5, 5.41) is 8.70. The maximum absolute atomic E-state index is 10.6. The van der Waals surface area contributed by atoms with Gasteiger partial charge in [0.05, 0.1) is 0 Å². The molecule has 0 amide bonds. The first-order valence-corrected chi connectivity index (χ1v) is 6.16. The van der Waals surface area contributed by atoms with Gasteiger partial charge in [-0.3, -0.25) is 9.69 Å². The number of carboxylic acids is 1. The molecule has 1 fully saturated rings. The van der Waals surface area contributed by atoms with Gasteiger partial charge in [0.1, 0.15) is 0 Å². The van der Waals surface area contributed by atoms with E-state index in [1.54, 1.807) is 0 Å². The molecule has 1 aliphatic heterocycles. The first-order valence-electron chi connectivity index (χ1n) is 6.16. The topological polar surface area (TPSA) is 43.8 Å². The third-order valence-electron chi connectivity index (χ3n) is 3.44. The van der Waals surface area contributed by atoms with Crippen molar-refractivity contribution in [3.63, 3.8) is 0 Å². The molecular weight excluding hydrogens is 204 g/mol. The highest BCUT2D eigenvalue weighted by atomic mass is 16.4. The number of rotatable bonds is 4. The van der Waals surface area contributed by atoms with E-state index in [1.807, 2.05) is 0 Å². The Kier molecular flexibility index (Phi) is 5.22. The Labute approximate surface area is 98.2 Å². The third kappa shape index (κ3) is 4.10. The van der Waals surface area contributed by atoms with Crippen molar-refractivity contribution >= 4 is 5.97 Å². The molecule has 0 radical (unpaired) electrons. The maximum atomic E-state index is 10.6. The molecule has 1 saturated heterocycles. The third-order valence-corrected chi connectivity index (χ3v) is 3.44. The molecule has 1 rings (SSSR count). The number of likely N-dealkylation sites (N-methyl/N-ethyl adjacent to an activating group) is 1. The van der Waals surface area contributed by atoms with Gasteiger partial charge in [-0.15, -0.1) is 0 Å². The van der Waals surface area contributed by atoms with Crippen molar-refractivity contribution < 1.29 is 9.90 Å². The molecule has 0 saturated carbocycles. The Morgan fingerprint density at radius 1 is 1.50 bits per heavy atom. The van der Waals surface area contributed by atoms with Gasteiger partial charge >= 0.3 is 5.97 Å². The van der Waals surface area contributed by atoms with Crippen LogP contribution in [0.25, 0.3) is 0 Å². The Hall–Kier alpha value is -0.610. The summed E-state index contributed by atoms with van der Waals surface area (Å²) < 4.78 is 0. The van der Waals surface area contributed by atoms with Crippen LogP contribution in [0.1, 0.15) is 33.1 Å². The van der Waals surface area contributed by atoms with Gasteiger partial charge in [-0.05, 0) is 46.8 Å². The maximum Gasteiger partial charge on any atom is 0.303 e. The van der Waals surface area contributed by atoms with Crippen LogP contribution in [0.2, 0.25) is 0 Å². The van der Waals surface area contributed by atoms with Crippen molar-refractivity contribution in [2.45, 2.75) is 45.2 Å². The summed E-state index contributed by atoms with van der Waals surface area (Å²) in [7, 11) is 2.15. The number of nitrogens with zero attached hydrogens (tertiary/aromatic N) is 2. The smallest absolute Gasteiger partial charge is 0.303 e. The summed E-state index contributed by atoms with van der Waals surface area (Å²) in [6.07, 6.45) is 2.21. The SMILES string of the molecule is CC(CCC(=O)O)N1CCCN(C)CC1C. The number of hydrogen-bond donors (Lipinski definition) is 1. The lowest BCUT2D eigenvalue weighted by atomic mass is 10.1. The molecule has 4 nitrogen and oxygen atoms in total. The number of hydrogen-bond acceptors (Lipinski definition) is 3. The van der Waals surface area contributed by atoms with Crippen molar-refractivity contribution in [3.05, 3.63) is 0 Å². The second-order valence-electron chi connectivity index (χ2n) is 4.98. The molecule has 0 aromatic rings. The summed E-state index contributed by atoms with van der Waals surface area (Å²) >= 11 is 0. The van der Waals surface area contributed by atoms with E-state index in [9.17, 15) is 4.79 Å². The molecule has 0 bridgehead atoms. The van der Waals surface area contributed by atoms with Gasteiger partial charge in [-0.1, -0.05) is 0 Å². The molecule has 2 atom stereocenters. The summed E-state index contributed by atoms with van der Waals surface area (Å²) in [6, 6.07) is 0.897. The van der Waals surface area contributed by atoms with Crippen LogP contribution in [-0.2, 0) is 4.79 Å². The quantitative estimate of drug-likeness (QED) is 0.787. The van der Waals surface area contributed by atoms with Gasteiger partial charge in [0.15, 0.2) is 0 Å². The van der Waals surface area contributed by atoms with Crippen molar-refractivity contribution in [1.82, 2.24) is 9.80 Å².